The van der Waals surface area contributed by atoms with Crippen LogP contribution in [0.3, 0.4) is 0 Å². The van der Waals surface area contributed by atoms with E-state index in [1.165, 1.54) is 18.4 Å². The van der Waals surface area contributed by atoms with E-state index in [4.69, 9.17) is 4.84 Å². The van der Waals surface area contributed by atoms with Crippen LogP contribution in [-0.4, -0.2) is 61.8 Å². The second kappa shape index (κ2) is 15.6. The Morgan fingerprint density at radius 1 is 0.927 bits per heavy atom. The zero-order chi connectivity index (χ0) is 29.0. The van der Waals surface area contributed by atoms with Crippen LogP contribution in [0.4, 0.5) is 0 Å². The molecule has 0 aliphatic carbocycles. The fourth-order valence-electron chi connectivity index (χ4n) is 5.01. The third-order valence-electron chi connectivity index (χ3n) is 7.36. The van der Waals surface area contributed by atoms with Gasteiger partial charge in [0.15, 0.2) is 0 Å². The number of hydrogen-bond acceptors (Lipinski definition) is 8. The molecule has 3 aromatic carbocycles. The van der Waals surface area contributed by atoms with Gasteiger partial charge < -0.3 is 10.0 Å². The van der Waals surface area contributed by atoms with Crippen LogP contribution in [-0.2, 0) is 18.0 Å². The topological polar surface area (TPSA) is 119 Å². The highest BCUT2D eigenvalue weighted by Gasteiger charge is 2.22. The molecule has 1 atom stereocenters. The number of benzene rings is 3. The lowest BCUT2D eigenvalue weighted by Crippen LogP contribution is -2.45. The van der Waals surface area contributed by atoms with Crippen LogP contribution in [0.1, 0.15) is 51.2 Å². The molecule has 4 aromatic rings. The Morgan fingerprint density at radius 3 is 2.27 bits per heavy atom. The van der Waals surface area contributed by atoms with Crippen molar-refractivity contribution >= 4 is 12.6 Å². The summed E-state index contributed by atoms with van der Waals surface area (Å²) in [4.78, 5) is 8.38. The fourth-order valence-corrected chi connectivity index (χ4v) is 5.01. The zero-order valence-electron chi connectivity index (χ0n) is 24.2. The van der Waals surface area contributed by atoms with E-state index >= 15 is 0 Å². The minimum absolute atomic E-state index is 0.289. The van der Waals surface area contributed by atoms with E-state index in [-0.39, 0.29) is 6.04 Å². The largest absolute Gasteiger partial charge is 0.488 e. The van der Waals surface area contributed by atoms with E-state index < -0.39 is 7.12 Å². The highest BCUT2D eigenvalue weighted by atomic mass is 16.6. The van der Waals surface area contributed by atoms with Crippen LogP contribution in [0.15, 0.2) is 72.8 Å². The number of nitrogens with zero attached hydrogens (tertiary/aromatic N) is 4. The summed E-state index contributed by atoms with van der Waals surface area (Å²) in [6.07, 6.45) is 3.54. The van der Waals surface area contributed by atoms with Crippen LogP contribution in [0.5, 0.6) is 0 Å². The molecule has 9 nitrogen and oxygen atoms in total. The summed E-state index contributed by atoms with van der Waals surface area (Å²) in [5.74, 6) is 1.02. The number of hydrogen-bond donors (Lipinski definition) is 4. The summed E-state index contributed by atoms with van der Waals surface area (Å²) in [5, 5.41) is 33.2. The van der Waals surface area contributed by atoms with E-state index in [1.807, 2.05) is 30.3 Å². The van der Waals surface area contributed by atoms with Crippen molar-refractivity contribution in [2.24, 2.45) is 5.92 Å². The van der Waals surface area contributed by atoms with Crippen LogP contribution in [0, 0.1) is 5.92 Å². The smallest absolute Gasteiger partial charge is 0.423 e. The fraction of sp³-hybridized carbons (Fsp3) is 0.387. The van der Waals surface area contributed by atoms with E-state index in [9.17, 15) is 10.0 Å². The highest BCUT2D eigenvalue weighted by Crippen LogP contribution is 2.30. The van der Waals surface area contributed by atoms with Crippen molar-refractivity contribution in [1.29, 1.82) is 0 Å². The van der Waals surface area contributed by atoms with Gasteiger partial charge in [0, 0.05) is 24.7 Å². The molecule has 0 aliphatic heterocycles. The Bertz CT molecular complexity index is 1300. The number of aromatic amines is 1. The van der Waals surface area contributed by atoms with E-state index in [0.717, 1.165) is 41.8 Å². The summed E-state index contributed by atoms with van der Waals surface area (Å²) < 4.78 is 0. The Morgan fingerprint density at radius 2 is 1.63 bits per heavy atom. The standard InChI is InChI=1S/C31H41BN6O3/c1-4-5-8-19-38(30(23(2)3)20-33-41-22-25-13-17-27(18-14-25)32(39)40)21-24-11-15-26(16-12-24)28-9-6-7-10-29(28)31-34-36-37-35-31/h6-7,9-18,23,30,33,39-40H,4-5,8,19-22H2,1-3H3,(H,34,35,36,37)/t30-/m1/s1. The van der Waals surface area contributed by atoms with Crippen LogP contribution in [0.25, 0.3) is 22.5 Å². The minimum Gasteiger partial charge on any atom is -0.423 e. The van der Waals surface area contributed by atoms with Gasteiger partial charge in [0.25, 0.3) is 0 Å². The molecule has 41 heavy (non-hydrogen) atoms. The first-order valence-corrected chi connectivity index (χ1v) is 14.4. The van der Waals surface area contributed by atoms with E-state index in [1.54, 1.807) is 12.1 Å². The Hall–Kier alpha value is -3.41. The molecule has 0 unspecified atom stereocenters. The van der Waals surface area contributed by atoms with Crippen molar-refractivity contribution in [3.63, 3.8) is 0 Å². The third-order valence-corrected chi connectivity index (χ3v) is 7.36. The molecule has 216 valence electrons. The minimum atomic E-state index is -1.46. The van der Waals surface area contributed by atoms with Gasteiger partial charge in [-0.25, -0.2) is 5.48 Å². The molecule has 0 radical (unpaired) electrons. The van der Waals surface area contributed by atoms with E-state index in [2.05, 4.69) is 82.1 Å². The number of hydroxylamine groups is 1. The van der Waals surface area contributed by atoms with Crippen molar-refractivity contribution in [2.45, 2.75) is 59.2 Å². The predicted molar refractivity (Wildman–Crippen MR) is 163 cm³/mol. The summed E-state index contributed by atoms with van der Waals surface area (Å²) in [6, 6.07) is 24.3. The summed E-state index contributed by atoms with van der Waals surface area (Å²) in [6.45, 7) is 9.73. The molecular formula is C31H41BN6O3. The second-order valence-corrected chi connectivity index (χ2v) is 10.7. The molecule has 0 saturated heterocycles. The maximum atomic E-state index is 9.29. The average molecular weight is 557 g/mol. The van der Waals surface area contributed by atoms with E-state index in [0.29, 0.717) is 30.4 Å². The van der Waals surface area contributed by atoms with Crippen molar-refractivity contribution in [3.05, 3.63) is 83.9 Å². The van der Waals surface area contributed by atoms with Crippen LogP contribution < -0.4 is 10.9 Å². The quantitative estimate of drug-likeness (QED) is 0.0931. The first-order chi connectivity index (χ1) is 20.0. The normalized spacial score (nSPS) is 12.3. The highest BCUT2D eigenvalue weighted by molar-refractivity contribution is 6.58. The molecule has 0 fully saturated rings. The Labute approximate surface area is 243 Å². The lowest BCUT2D eigenvalue weighted by Gasteiger charge is -2.35. The molecule has 4 rings (SSSR count). The Kier molecular flexibility index (Phi) is 11.6. The van der Waals surface area contributed by atoms with Crippen molar-refractivity contribution in [1.82, 2.24) is 31.0 Å². The predicted octanol–water partition coefficient (Wildman–Crippen LogP) is 3.95. The van der Waals surface area contributed by atoms with Crippen LogP contribution >= 0.6 is 0 Å². The van der Waals surface area contributed by atoms with Gasteiger partial charge in [0.05, 0.1) is 6.61 Å². The van der Waals surface area contributed by atoms with Gasteiger partial charge in [0.2, 0.25) is 5.82 Å². The first-order valence-electron chi connectivity index (χ1n) is 14.4. The first kappa shape index (κ1) is 30.6. The van der Waals surface area contributed by atoms with Crippen molar-refractivity contribution in [3.8, 4) is 22.5 Å². The zero-order valence-corrected chi connectivity index (χ0v) is 24.2. The summed E-state index contributed by atoms with van der Waals surface area (Å²) >= 11 is 0. The molecule has 0 spiro atoms. The lowest BCUT2D eigenvalue weighted by molar-refractivity contribution is 0.00287. The maximum absolute atomic E-state index is 9.29. The second-order valence-electron chi connectivity index (χ2n) is 10.7. The van der Waals surface area contributed by atoms with Gasteiger partial charge in [-0.2, -0.15) is 5.21 Å². The SMILES string of the molecule is CCCCCN(Cc1ccc(-c2ccccc2-c2nn[nH]n2)cc1)[C@H](CNOCc1ccc(B(O)O)cc1)C(C)C. The number of aromatic nitrogens is 4. The average Bonchev–Trinajstić information content (AvgIpc) is 3.52. The number of rotatable bonds is 16. The number of unbranched alkanes of at least 4 members (excludes halogenated alkanes) is 2. The van der Waals surface area contributed by atoms with Crippen molar-refractivity contribution in [2.75, 3.05) is 13.1 Å². The molecule has 0 amide bonds. The van der Waals surface area contributed by atoms with Gasteiger partial charge in [-0.3, -0.25) is 9.74 Å². The molecule has 0 bridgehead atoms. The maximum Gasteiger partial charge on any atom is 0.488 e. The van der Waals surface area contributed by atoms with Gasteiger partial charge in [-0.1, -0.05) is 106 Å². The molecule has 0 saturated carbocycles. The molecule has 1 aromatic heterocycles. The van der Waals surface area contributed by atoms with Gasteiger partial charge in [0.1, 0.15) is 0 Å². The molecular weight excluding hydrogens is 515 g/mol. The number of tetrazole rings is 1. The third kappa shape index (κ3) is 8.79. The van der Waals surface area contributed by atoms with Crippen molar-refractivity contribution < 1.29 is 14.9 Å². The van der Waals surface area contributed by atoms with Gasteiger partial charge in [-0.05, 0) is 51.8 Å². The van der Waals surface area contributed by atoms with Gasteiger partial charge >= 0.3 is 7.12 Å². The lowest BCUT2D eigenvalue weighted by atomic mass is 9.80. The molecule has 1 heterocycles. The number of nitrogens with one attached hydrogen (secondary N) is 2. The van der Waals surface area contributed by atoms with Gasteiger partial charge in [-0.15, -0.1) is 10.2 Å². The number of H-pyrrole nitrogens is 1. The monoisotopic (exact) mass is 556 g/mol. The molecule has 4 N–H and O–H groups in total. The Balaban J connectivity index is 1.41. The summed E-state index contributed by atoms with van der Waals surface area (Å²) in [7, 11) is -1.46. The molecule has 0 aliphatic rings. The molecule has 10 heteroatoms. The summed E-state index contributed by atoms with van der Waals surface area (Å²) in [5.41, 5.74) is 9.03. The van der Waals surface area contributed by atoms with Crippen LogP contribution in [0.2, 0.25) is 0 Å².